The van der Waals surface area contributed by atoms with Crippen molar-refractivity contribution < 1.29 is 9.53 Å². The summed E-state index contributed by atoms with van der Waals surface area (Å²) in [5.74, 6) is -0.301. The van der Waals surface area contributed by atoms with Gasteiger partial charge in [0.25, 0.3) is 0 Å². The van der Waals surface area contributed by atoms with Gasteiger partial charge in [0.05, 0.1) is 18.2 Å². The van der Waals surface area contributed by atoms with E-state index in [1.165, 1.54) is 12.7 Å². The van der Waals surface area contributed by atoms with Gasteiger partial charge in [-0.15, -0.1) is 0 Å². The summed E-state index contributed by atoms with van der Waals surface area (Å²) in [7, 11) is 1.41. The molecule has 0 radical (unpaired) electrons. The molecule has 21 heavy (non-hydrogen) atoms. The van der Waals surface area contributed by atoms with E-state index in [1.807, 2.05) is 36.4 Å². The average Bonchev–Trinajstić information content (AvgIpc) is 2.84. The molecule has 1 heterocycles. The number of nitrogens with zero attached hydrogens (tertiary/aromatic N) is 1. The normalized spacial score (nSPS) is 10.8. The van der Waals surface area contributed by atoms with Crippen molar-refractivity contribution in [3.05, 3.63) is 69.4 Å². The molecule has 0 aliphatic heterocycles. The van der Waals surface area contributed by atoms with Crippen molar-refractivity contribution in [2.75, 3.05) is 7.11 Å². The number of halogens is 1. The molecule has 2 aromatic carbocycles. The highest BCUT2D eigenvalue weighted by Gasteiger charge is 2.16. The summed E-state index contributed by atoms with van der Waals surface area (Å²) in [6.07, 6.45) is 2.07. The van der Waals surface area contributed by atoms with Crippen LogP contribution in [0.5, 0.6) is 0 Å². The van der Waals surface area contributed by atoms with Gasteiger partial charge in [-0.3, -0.25) is 0 Å². The summed E-state index contributed by atoms with van der Waals surface area (Å²) in [5, 5.41) is 1.08. The van der Waals surface area contributed by atoms with Gasteiger partial charge in [0.15, 0.2) is 0 Å². The number of hydrogen-bond donors (Lipinski definition) is 0. The molecule has 0 spiro atoms. The van der Waals surface area contributed by atoms with Crippen molar-refractivity contribution >= 4 is 39.5 Å². The molecule has 106 valence electrons. The van der Waals surface area contributed by atoms with Gasteiger partial charge in [-0.25, -0.2) is 4.79 Å². The van der Waals surface area contributed by atoms with Crippen LogP contribution in [-0.4, -0.2) is 17.6 Å². The number of rotatable bonds is 3. The Hall–Kier alpha value is -1.82. The fraction of sp³-hybridized carbons (Fsp3) is 0.118. The first-order chi connectivity index (χ1) is 10.2. The van der Waals surface area contributed by atoms with Crippen LogP contribution in [-0.2, 0) is 11.3 Å². The van der Waals surface area contributed by atoms with Gasteiger partial charge in [-0.2, -0.15) is 0 Å². The lowest BCUT2D eigenvalue weighted by Crippen LogP contribution is -2.06. The number of aromatic nitrogens is 1. The van der Waals surface area contributed by atoms with E-state index in [1.54, 1.807) is 0 Å². The maximum atomic E-state index is 12.0. The van der Waals surface area contributed by atoms with Crippen molar-refractivity contribution in [3.8, 4) is 0 Å². The largest absolute Gasteiger partial charge is 0.465 e. The van der Waals surface area contributed by atoms with Crippen LogP contribution in [0.25, 0.3) is 10.9 Å². The van der Waals surface area contributed by atoms with Gasteiger partial charge in [-0.1, -0.05) is 42.5 Å². The molecule has 4 heteroatoms. The van der Waals surface area contributed by atoms with Gasteiger partial charge in [0, 0.05) is 21.7 Å². The molecule has 0 amide bonds. The van der Waals surface area contributed by atoms with Crippen molar-refractivity contribution in [1.29, 1.82) is 0 Å². The van der Waals surface area contributed by atoms with E-state index in [-0.39, 0.29) is 5.97 Å². The fourth-order valence-electron chi connectivity index (χ4n) is 2.50. The summed E-state index contributed by atoms with van der Waals surface area (Å²) in [6.45, 7) is 0.731. The molecule has 0 saturated heterocycles. The van der Waals surface area contributed by atoms with Crippen LogP contribution in [0.15, 0.2) is 54.7 Å². The number of esters is 1. The highest BCUT2D eigenvalue weighted by atomic mass is 127. The van der Waals surface area contributed by atoms with Crippen molar-refractivity contribution in [3.63, 3.8) is 0 Å². The lowest BCUT2D eigenvalue weighted by atomic mass is 10.1. The van der Waals surface area contributed by atoms with E-state index in [0.717, 1.165) is 21.0 Å². The highest BCUT2D eigenvalue weighted by Crippen LogP contribution is 2.27. The summed E-state index contributed by atoms with van der Waals surface area (Å²) < 4.78 is 8.14. The van der Waals surface area contributed by atoms with Gasteiger partial charge in [-0.05, 0) is 34.2 Å². The third kappa shape index (κ3) is 2.68. The van der Waals surface area contributed by atoms with Crippen LogP contribution in [0.4, 0.5) is 0 Å². The zero-order chi connectivity index (χ0) is 14.8. The Kier molecular flexibility index (Phi) is 3.96. The summed E-state index contributed by atoms with van der Waals surface area (Å²) in [6, 6.07) is 15.9. The van der Waals surface area contributed by atoms with E-state index < -0.39 is 0 Å². The summed E-state index contributed by atoms with van der Waals surface area (Å²) in [5.41, 5.74) is 2.73. The lowest BCUT2D eigenvalue weighted by molar-refractivity contribution is 0.0602. The summed E-state index contributed by atoms with van der Waals surface area (Å²) in [4.78, 5) is 12.0. The number of hydrogen-bond acceptors (Lipinski definition) is 2. The monoisotopic (exact) mass is 391 g/mol. The molecule has 3 rings (SSSR count). The second-order valence-electron chi connectivity index (χ2n) is 4.78. The van der Waals surface area contributed by atoms with Gasteiger partial charge < -0.3 is 9.30 Å². The molecule has 0 bridgehead atoms. The standard InChI is InChI=1S/C17H14INO2/c1-21-17(20)14-9-5-8-13-15(18)11-19(16(13)14)10-12-6-3-2-4-7-12/h2-9,11H,10H2,1H3. The fourth-order valence-corrected chi connectivity index (χ4v) is 3.27. The molecule has 1 aromatic heterocycles. The van der Waals surface area contributed by atoms with E-state index in [0.29, 0.717) is 5.56 Å². The zero-order valence-electron chi connectivity index (χ0n) is 11.5. The average molecular weight is 391 g/mol. The second kappa shape index (κ2) is 5.89. The van der Waals surface area contributed by atoms with Gasteiger partial charge >= 0.3 is 5.97 Å². The number of benzene rings is 2. The number of ether oxygens (including phenoxy) is 1. The zero-order valence-corrected chi connectivity index (χ0v) is 13.7. The van der Waals surface area contributed by atoms with Crippen LogP contribution in [0, 0.1) is 3.57 Å². The Morgan fingerprint density at radius 1 is 1.14 bits per heavy atom. The van der Waals surface area contributed by atoms with Gasteiger partial charge in [0.2, 0.25) is 0 Å². The van der Waals surface area contributed by atoms with E-state index in [2.05, 4.69) is 45.5 Å². The van der Waals surface area contributed by atoms with Crippen molar-refractivity contribution in [2.45, 2.75) is 6.54 Å². The number of fused-ring (bicyclic) bond motifs is 1. The third-order valence-electron chi connectivity index (χ3n) is 3.45. The Bertz CT molecular complexity index is 793. The van der Waals surface area contributed by atoms with Crippen LogP contribution >= 0.6 is 22.6 Å². The maximum Gasteiger partial charge on any atom is 0.340 e. The first kappa shape index (κ1) is 14.1. The first-order valence-electron chi connectivity index (χ1n) is 6.60. The van der Waals surface area contributed by atoms with E-state index >= 15 is 0 Å². The minimum atomic E-state index is -0.301. The minimum absolute atomic E-state index is 0.301. The molecule has 0 fully saturated rings. The second-order valence-corrected chi connectivity index (χ2v) is 5.95. The molecule has 0 aliphatic carbocycles. The van der Waals surface area contributed by atoms with E-state index in [9.17, 15) is 4.79 Å². The smallest absolute Gasteiger partial charge is 0.340 e. The molecule has 0 saturated carbocycles. The molecular formula is C17H14INO2. The molecule has 3 nitrogen and oxygen atoms in total. The quantitative estimate of drug-likeness (QED) is 0.498. The topological polar surface area (TPSA) is 31.2 Å². The number of carbonyl (C=O) groups is 1. The molecule has 0 aliphatic rings. The molecule has 0 atom stereocenters. The lowest BCUT2D eigenvalue weighted by Gasteiger charge is -2.08. The predicted octanol–water partition coefficient (Wildman–Crippen LogP) is 4.08. The Morgan fingerprint density at radius 2 is 1.90 bits per heavy atom. The van der Waals surface area contributed by atoms with Crippen LogP contribution in [0.3, 0.4) is 0 Å². The Labute approximate surface area is 136 Å². The van der Waals surface area contributed by atoms with Gasteiger partial charge in [0.1, 0.15) is 0 Å². The SMILES string of the molecule is COC(=O)c1cccc2c(I)cn(Cc3ccccc3)c12. The van der Waals surface area contributed by atoms with Crippen LogP contribution in [0.2, 0.25) is 0 Å². The van der Waals surface area contributed by atoms with Crippen LogP contribution < -0.4 is 0 Å². The van der Waals surface area contributed by atoms with Crippen molar-refractivity contribution in [2.24, 2.45) is 0 Å². The third-order valence-corrected chi connectivity index (χ3v) is 4.31. The minimum Gasteiger partial charge on any atom is -0.465 e. The number of methoxy groups -OCH3 is 1. The predicted molar refractivity (Wildman–Crippen MR) is 91.5 cm³/mol. The first-order valence-corrected chi connectivity index (χ1v) is 7.68. The molecule has 3 aromatic rings. The van der Waals surface area contributed by atoms with E-state index in [4.69, 9.17) is 4.74 Å². The number of para-hydroxylation sites is 1. The summed E-state index contributed by atoms with van der Waals surface area (Å²) >= 11 is 2.30. The Morgan fingerprint density at radius 3 is 2.62 bits per heavy atom. The van der Waals surface area contributed by atoms with Crippen molar-refractivity contribution in [1.82, 2.24) is 4.57 Å². The molecule has 0 N–H and O–H groups in total. The number of carbonyl (C=O) groups excluding carboxylic acids is 1. The molecular weight excluding hydrogens is 377 g/mol. The maximum absolute atomic E-state index is 12.0. The highest BCUT2D eigenvalue weighted by molar-refractivity contribution is 14.1. The molecule has 0 unspecified atom stereocenters. The Balaban J connectivity index is 2.16. The van der Waals surface area contributed by atoms with Crippen LogP contribution in [0.1, 0.15) is 15.9 Å².